The minimum atomic E-state index is -0.712. The Bertz CT molecular complexity index is 303. The van der Waals surface area contributed by atoms with Gasteiger partial charge in [0.05, 0.1) is 0 Å². The SMILES string of the molecule is CC(C)c1c[nH]c(=O)c(F)c1. The van der Waals surface area contributed by atoms with E-state index >= 15 is 0 Å². The third-order valence-electron chi connectivity index (χ3n) is 1.55. The van der Waals surface area contributed by atoms with Gasteiger partial charge >= 0.3 is 0 Å². The fourth-order valence-electron chi connectivity index (χ4n) is 0.805. The second-order valence-corrected chi connectivity index (χ2v) is 2.76. The van der Waals surface area contributed by atoms with Crippen LogP contribution in [-0.2, 0) is 0 Å². The van der Waals surface area contributed by atoms with Crippen molar-refractivity contribution in [1.82, 2.24) is 4.98 Å². The van der Waals surface area contributed by atoms with Crippen molar-refractivity contribution in [3.05, 3.63) is 34.0 Å². The zero-order valence-electron chi connectivity index (χ0n) is 6.52. The van der Waals surface area contributed by atoms with E-state index < -0.39 is 11.4 Å². The van der Waals surface area contributed by atoms with Crippen LogP contribution in [0.2, 0.25) is 0 Å². The van der Waals surface area contributed by atoms with Gasteiger partial charge in [-0.3, -0.25) is 4.79 Å². The fraction of sp³-hybridized carbons (Fsp3) is 0.375. The molecule has 3 heteroatoms. The molecular formula is C8H10FNO. The van der Waals surface area contributed by atoms with Crippen LogP contribution in [0.1, 0.15) is 25.3 Å². The molecule has 60 valence electrons. The summed E-state index contributed by atoms with van der Waals surface area (Å²) in [7, 11) is 0. The van der Waals surface area contributed by atoms with Gasteiger partial charge in [0.25, 0.3) is 5.56 Å². The Labute approximate surface area is 64.1 Å². The first-order chi connectivity index (χ1) is 5.11. The Morgan fingerprint density at radius 2 is 2.18 bits per heavy atom. The number of hydrogen-bond acceptors (Lipinski definition) is 1. The molecule has 1 heterocycles. The average Bonchev–Trinajstić information content (AvgIpc) is 1.94. The number of rotatable bonds is 1. The van der Waals surface area contributed by atoms with Crippen LogP contribution in [0, 0.1) is 5.82 Å². The number of aromatic amines is 1. The van der Waals surface area contributed by atoms with Gasteiger partial charge in [-0.1, -0.05) is 13.8 Å². The molecule has 0 aliphatic rings. The molecule has 0 aliphatic carbocycles. The van der Waals surface area contributed by atoms with Crippen LogP contribution in [0.5, 0.6) is 0 Å². The van der Waals surface area contributed by atoms with Gasteiger partial charge in [0.2, 0.25) is 0 Å². The van der Waals surface area contributed by atoms with Crippen molar-refractivity contribution >= 4 is 0 Å². The largest absolute Gasteiger partial charge is 0.326 e. The van der Waals surface area contributed by atoms with Crippen LogP contribution in [0.3, 0.4) is 0 Å². The van der Waals surface area contributed by atoms with Crippen LogP contribution in [0.15, 0.2) is 17.1 Å². The third kappa shape index (κ3) is 1.67. The Kier molecular flexibility index (Phi) is 2.08. The molecule has 0 fully saturated rings. The number of hydrogen-bond donors (Lipinski definition) is 1. The number of aromatic nitrogens is 1. The predicted octanol–water partition coefficient (Wildman–Crippen LogP) is 1.64. The van der Waals surface area contributed by atoms with E-state index in [-0.39, 0.29) is 5.92 Å². The second kappa shape index (κ2) is 2.86. The Hall–Kier alpha value is -1.12. The molecule has 0 amide bonds. The highest BCUT2D eigenvalue weighted by Gasteiger charge is 2.02. The van der Waals surface area contributed by atoms with Gasteiger partial charge in [0, 0.05) is 6.20 Å². The molecule has 0 spiro atoms. The number of H-pyrrole nitrogens is 1. The van der Waals surface area contributed by atoms with Gasteiger partial charge in [0.1, 0.15) is 0 Å². The van der Waals surface area contributed by atoms with Gasteiger partial charge in [0.15, 0.2) is 5.82 Å². The van der Waals surface area contributed by atoms with Crippen molar-refractivity contribution in [2.24, 2.45) is 0 Å². The molecular weight excluding hydrogens is 145 g/mol. The molecule has 0 saturated heterocycles. The Balaban J connectivity index is 3.15. The van der Waals surface area contributed by atoms with Gasteiger partial charge in [-0.15, -0.1) is 0 Å². The van der Waals surface area contributed by atoms with Crippen LogP contribution in [0.4, 0.5) is 4.39 Å². The van der Waals surface area contributed by atoms with E-state index in [1.165, 1.54) is 12.3 Å². The second-order valence-electron chi connectivity index (χ2n) is 2.76. The smallest absolute Gasteiger partial charge is 0.283 e. The maximum Gasteiger partial charge on any atom is 0.283 e. The van der Waals surface area contributed by atoms with E-state index in [2.05, 4.69) is 4.98 Å². The molecule has 2 nitrogen and oxygen atoms in total. The van der Waals surface area contributed by atoms with Crippen LogP contribution < -0.4 is 5.56 Å². The molecule has 1 rings (SSSR count). The molecule has 0 atom stereocenters. The van der Waals surface area contributed by atoms with E-state index in [9.17, 15) is 9.18 Å². The number of halogens is 1. The van der Waals surface area contributed by atoms with Crippen molar-refractivity contribution in [1.29, 1.82) is 0 Å². The summed E-state index contributed by atoms with van der Waals surface area (Å²) < 4.78 is 12.6. The van der Waals surface area contributed by atoms with Crippen LogP contribution in [-0.4, -0.2) is 4.98 Å². The lowest BCUT2D eigenvalue weighted by Gasteiger charge is -2.02. The Morgan fingerprint density at radius 3 is 2.64 bits per heavy atom. The van der Waals surface area contributed by atoms with Crippen LogP contribution >= 0.6 is 0 Å². The molecule has 0 aromatic carbocycles. The Morgan fingerprint density at radius 1 is 1.55 bits per heavy atom. The first-order valence-corrected chi connectivity index (χ1v) is 3.49. The van der Waals surface area contributed by atoms with Gasteiger partial charge in [-0.25, -0.2) is 4.39 Å². The van der Waals surface area contributed by atoms with E-state index in [4.69, 9.17) is 0 Å². The highest BCUT2D eigenvalue weighted by Crippen LogP contribution is 2.11. The van der Waals surface area contributed by atoms with E-state index in [1.54, 1.807) is 0 Å². The summed E-state index contributed by atoms with van der Waals surface area (Å²) in [6.45, 7) is 3.88. The third-order valence-corrected chi connectivity index (χ3v) is 1.55. The van der Waals surface area contributed by atoms with E-state index in [1.807, 2.05) is 13.8 Å². The molecule has 0 radical (unpaired) electrons. The fourth-order valence-corrected chi connectivity index (χ4v) is 0.805. The molecule has 1 aromatic heterocycles. The maximum absolute atomic E-state index is 12.6. The predicted molar refractivity (Wildman–Crippen MR) is 41.1 cm³/mol. The summed E-state index contributed by atoms with van der Waals surface area (Å²) in [5.74, 6) is -0.474. The lowest BCUT2D eigenvalue weighted by Crippen LogP contribution is -2.10. The maximum atomic E-state index is 12.6. The average molecular weight is 155 g/mol. The highest BCUT2D eigenvalue weighted by molar-refractivity contribution is 5.13. The molecule has 0 aliphatic heterocycles. The zero-order valence-corrected chi connectivity index (χ0v) is 6.52. The quantitative estimate of drug-likeness (QED) is 0.657. The number of nitrogens with one attached hydrogen (secondary N) is 1. The van der Waals surface area contributed by atoms with Crippen molar-refractivity contribution in [3.63, 3.8) is 0 Å². The number of pyridine rings is 1. The highest BCUT2D eigenvalue weighted by atomic mass is 19.1. The zero-order chi connectivity index (χ0) is 8.43. The summed E-state index contributed by atoms with van der Waals surface area (Å²) in [6, 6.07) is 1.27. The van der Waals surface area contributed by atoms with Gasteiger partial charge < -0.3 is 4.98 Å². The van der Waals surface area contributed by atoms with Crippen molar-refractivity contribution in [2.45, 2.75) is 19.8 Å². The lowest BCUT2D eigenvalue weighted by atomic mass is 10.1. The minimum absolute atomic E-state index is 0.237. The first-order valence-electron chi connectivity index (χ1n) is 3.49. The van der Waals surface area contributed by atoms with Gasteiger partial charge in [-0.05, 0) is 17.5 Å². The molecule has 0 unspecified atom stereocenters. The van der Waals surface area contributed by atoms with Gasteiger partial charge in [-0.2, -0.15) is 0 Å². The summed E-state index contributed by atoms with van der Waals surface area (Å²) in [5, 5.41) is 0. The van der Waals surface area contributed by atoms with E-state index in [0.717, 1.165) is 5.56 Å². The lowest BCUT2D eigenvalue weighted by molar-refractivity contribution is 0.603. The van der Waals surface area contributed by atoms with Crippen molar-refractivity contribution in [2.75, 3.05) is 0 Å². The molecule has 1 N–H and O–H groups in total. The normalized spacial score (nSPS) is 10.5. The topological polar surface area (TPSA) is 32.9 Å². The summed E-state index contributed by atoms with van der Waals surface area (Å²) in [6.07, 6.45) is 1.54. The molecule has 0 bridgehead atoms. The summed E-state index contributed by atoms with van der Waals surface area (Å²) in [4.78, 5) is 12.9. The van der Waals surface area contributed by atoms with Crippen molar-refractivity contribution in [3.8, 4) is 0 Å². The summed E-state index contributed by atoms with van der Waals surface area (Å²) in [5.41, 5.74) is 0.150. The molecule has 1 aromatic rings. The summed E-state index contributed by atoms with van der Waals surface area (Å²) >= 11 is 0. The standard InChI is InChI=1S/C8H10FNO/c1-5(2)6-3-7(9)8(11)10-4-6/h3-5H,1-2H3,(H,10,11). The monoisotopic (exact) mass is 155 g/mol. The first kappa shape index (κ1) is 7.98. The molecule has 11 heavy (non-hydrogen) atoms. The van der Waals surface area contributed by atoms with Crippen molar-refractivity contribution < 1.29 is 4.39 Å². The van der Waals surface area contributed by atoms with E-state index in [0.29, 0.717) is 0 Å². The minimum Gasteiger partial charge on any atom is -0.326 e. The molecule has 0 saturated carbocycles. The van der Waals surface area contributed by atoms with Crippen LogP contribution in [0.25, 0.3) is 0 Å².